The molecule has 15 heavy (non-hydrogen) atoms. The molecule has 0 radical (unpaired) electrons. The number of H-pyrrole nitrogens is 1. The molecule has 5 nitrogen and oxygen atoms in total. The first-order valence-electron chi connectivity index (χ1n) is 4.32. The van der Waals surface area contributed by atoms with Gasteiger partial charge in [-0.25, -0.2) is 9.78 Å². The maximum absolute atomic E-state index is 11.6. The average molecular weight is 204 g/mol. The molecule has 0 amide bonds. The Balaban J connectivity index is 2.91. The molecule has 2 aromatic rings. The maximum Gasteiger partial charge on any atom is 0.372 e. The van der Waals surface area contributed by atoms with Crippen LogP contribution in [0.5, 0.6) is 0 Å². The molecule has 0 aliphatic rings. The van der Waals surface area contributed by atoms with Gasteiger partial charge < -0.3 is 10.1 Å². The number of carboxylic acid groups (broad SMARTS) is 1. The lowest BCUT2D eigenvalue weighted by Gasteiger charge is -2.00. The summed E-state index contributed by atoms with van der Waals surface area (Å²) < 4.78 is 0. The number of nitrogens with zero attached hydrogens (tertiary/aromatic N) is 1. The molecule has 0 atom stereocenters. The third-order valence-corrected chi connectivity index (χ3v) is 2.14. The largest absolute Gasteiger partial charge is 0.475 e. The van der Waals surface area contributed by atoms with Crippen molar-refractivity contribution in [2.75, 3.05) is 0 Å². The second-order valence-corrected chi connectivity index (χ2v) is 3.19. The normalized spacial score (nSPS) is 10.5. The Morgan fingerprint density at radius 1 is 1.47 bits per heavy atom. The molecule has 0 saturated carbocycles. The number of carbonyl (C=O) groups is 1. The van der Waals surface area contributed by atoms with E-state index in [1.54, 1.807) is 25.1 Å². The number of aryl methyl sites for hydroxylation is 1. The summed E-state index contributed by atoms with van der Waals surface area (Å²) in [6.45, 7) is 1.78. The molecule has 5 heteroatoms. The number of nitrogens with one attached hydrogen (secondary N) is 1. The van der Waals surface area contributed by atoms with Crippen LogP contribution in [0.15, 0.2) is 23.0 Å². The number of aromatic nitrogens is 2. The number of carboxylic acids is 1. The summed E-state index contributed by atoms with van der Waals surface area (Å²) >= 11 is 0. The lowest BCUT2D eigenvalue weighted by Crippen LogP contribution is -2.16. The minimum absolute atomic E-state index is 0.335. The molecule has 0 aliphatic heterocycles. The highest BCUT2D eigenvalue weighted by molar-refractivity contribution is 5.88. The summed E-state index contributed by atoms with van der Waals surface area (Å²) in [5.74, 6) is -1.58. The number of rotatable bonds is 1. The van der Waals surface area contributed by atoms with Gasteiger partial charge in [0, 0.05) is 0 Å². The van der Waals surface area contributed by atoms with Crippen molar-refractivity contribution in [3.8, 4) is 0 Å². The number of fused-ring (bicyclic) bond motifs is 1. The SMILES string of the molecule is Cc1cccc2nc(C(=O)O)[nH]c(=O)c12. The molecule has 76 valence electrons. The summed E-state index contributed by atoms with van der Waals surface area (Å²) in [5, 5.41) is 9.14. The van der Waals surface area contributed by atoms with Gasteiger partial charge in [-0.05, 0) is 18.6 Å². The molecule has 1 heterocycles. The van der Waals surface area contributed by atoms with Gasteiger partial charge in [0.05, 0.1) is 10.9 Å². The van der Waals surface area contributed by atoms with Gasteiger partial charge in [0.15, 0.2) is 0 Å². The molecule has 1 aromatic heterocycles. The lowest BCUT2D eigenvalue weighted by atomic mass is 10.1. The fourth-order valence-electron chi connectivity index (χ4n) is 1.46. The summed E-state index contributed by atoms with van der Waals surface area (Å²) in [7, 11) is 0. The Kier molecular flexibility index (Phi) is 2.00. The van der Waals surface area contributed by atoms with Crippen LogP contribution >= 0.6 is 0 Å². The molecule has 0 saturated heterocycles. The zero-order chi connectivity index (χ0) is 11.0. The Hall–Kier alpha value is -2.17. The van der Waals surface area contributed by atoms with Gasteiger partial charge in [0.1, 0.15) is 0 Å². The van der Waals surface area contributed by atoms with E-state index < -0.39 is 11.5 Å². The van der Waals surface area contributed by atoms with E-state index in [0.29, 0.717) is 10.9 Å². The van der Waals surface area contributed by atoms with Crippen molar-refractivity contribution in [2.24, 2.45) is 0 Å². The second kappa shape index (κ2) is 3.20. The highest BCUT2D eigenvalue weighted by Gasteiger charge is 2.10. The Morgan fingerprint density at radius 2 is 2.20 bits per heavy atom. The third kappa shape index (κ3) is 1.48. The standard InChI is InChI=1S/C10H8N2O3/c1-5-3-2-4-6-7(5)9(13)12-8(11-6)10(14)15/h2-4H,1H3,(H,14,15)(H,11,12,13). The van der Waals surface area contributed by atoms with Gasteiger partial charge in [-0.2, -0.15) is 0 Å². The van der Waals surface area contributed by atoms with E-state index in [9.17, 15) is 9.59 Å². The van der Waals surface area contributed by atoms with Crippen LogP contribution in [0.2, 0.25) is 0 Å². The molecule has 2 N–H and O–H groups in total. The van der Waals surface area contributed by atoms with Crippen LogP contribution in [0.1, 0.15) is 16.2 Å². The minimum atomic E-state index is -1.24. The molecule has 1 aromatic carbocycles. The van der Waals surface area contributed by atoms with Crippen molar-refractivity contribution in [3.05, 3.63) is 39.9 Å². The third-order valence-electron chi connectivity index (χ3n) is 2.14. The summed E-state index contributed by atoms with van der Waals surface area (Å²) in [5.41, 5.74) is 0.754. The van der Waals surface area contributed by atoms with Crippen LogP contribution in [0.25, 0.3) is 10.9 Å². The van der Waals surface area contributed by atoms with Crippen molar-refractivity contribution in [1.82, 2.24) is 9.97 Å². The van der Waals surface area contributed by atoms with E-state index in [0.717, 1.165) is 5.56 Å². The Labute approximate surface area is 84.4 Å². The van der Waals surface area contributed by atoms with Gasteiger partial charge in [-0.3, -0.25) is 4.79 Å². The first-order valence-corrected chi connectivity index (χ1v) is 4.32. The van der Waals surface area contributed by atoms with Crippen LogP contribution in [-0.4, -0.2) is 21.0 Å². The molecule has 0 bridgehead atoms. The number of hydrogen-bond donors (Lipinski definition) is 2. The molecule has 0 unspecified atom stereocenters. The van der Waals surface area contributed by atoms with Crippen LogP contribution in [-0.2, 0) is 0 Å². The highest BCUT2D eigenvalue weighted by Crippen LogP contribution is 2.11. The van der Waals surface area contributed by atoms with Gasteiger partial charge >= 0.3 is 5.97 Å². The lowest BCUT2D eigenvalue weighted by molar-refractivity contribution is 0.0683. The fraction of sp³-hybridized carbons (Fsp3) is 0.100. The van der Waals surface area contributed by atoms with Crippen molar-refractivity contribution >= 4 is 16.9 Å². The zero-order valence-electron chi connectivity index (χ0n) is 7.94. The van der Waals surface area contributed by atoms with E-state index in [4.69, 9.17) is 5.11 Å². The van der Waals surface area contributed by atoms with Crippen LogP contribution < -0.4 is 5.56 Å². The Morgan fingerprint density at radius 3 is 2.87 bits per heavy atom. The van der Waals surface area contributed by atoms with E-state index in [2.05, 4.69) is 9.97 Å². The number of hydrogen-bond acceptors (Lipinski definition) is 3. The van der Waals surface area contributed by atoms with Crippen molar-refractivity contribution < 1.29 is 9.90 Å². The minimum Gasteiger partial charge on any atom is -0.475 e. The summed E-state index contributed by atoms with van der Waals surface area (Å²) in [6, 6.07) is 5.12. The Bertz CT molecular complexity index is 601. The molecule has 0 spiro atoms. The molecular weight excluding hydrogens is 196 g/mol. The average Bonchev–Trinajstić information content (AvgIpc) is 2.17. The number of aromatic amines is 1. The van der Waals surface area contributed by atoms with Crippen LogP contribution in [0.4, 0.5) is 0 Å². The van der Waals surface area contributed by atoms with Gasteiger partial charge in [0.2, 0.25) is 5.82 Å². The van der Waals surface area contributed by atoms with Crippen LogP contribution in [0.3, 0.4) is 0 Å². The zero-order valence-corrected chi connectivity index (χ0v) is 7.94. The van der Waals surface area contributed by atoms with Crippen molar-refractivity contribution in [1.29, 1.82) is 0 Å². The maximum atomic E-state index is 11.6. The fourth-order valence-corrected chi connectivity index (χ4v) is 1.46. The number of aromatic carboxylic acids is 1. The topological polar surface area (TPSA) is 83.0 Å². The van der Waals surface area contributed by atoms with E-state index in [-0.39, 0.29) is 5.82 Å². The van der Waals surface area contributed by atoms with Gasteiger partial charge in [-0.1, -0.05) is 12.1 Å². The van der Waals surface area contributed by atoms with Gasteiger partial charge in [-0.15, -0.1) is 0 Å². The first kappa shape index (κ1) is 9.39. The second-order valence-electron chi connectivity index (χ2n) is 3.19. The van der Waals surface area contributed by atoms with Crippen LogP contribution in [0, 0.1) is 6.92 Å². The number of benzene rings is 1. The monoisotopic (exact) mass is 204 g/mol. The predicted molar refractivity (Wildman–Crippen MR) is 54.1 cm³/mol. The molecular formula is C10H8N2O3. The van der Waals surface area contributed by atoms with Crippen molar-refractivity contribution in [2.45, 2.75) is 6.92 Å². The molecule has 2 rings (SSSR count). The van der Waals surface area contributed by atoms with E-state index >= 15 is 0 Å². The molecule has 0 fully saturated rings. The summed E-state index contributed by atoms with van der Waals surface area (Å²) in [4.78, 5) is 28.3. The smallest absolute Gasteiger partial charge is 0.372 e. The van der Waals surface area contributed by atoms with Gasteiger partial charge in [0.25, 0.3) is 5.56 Å². The molecule has 0 aliphatic carbocycles. The first-order chi connectivity index (χ1) is 7.09. The highest BCUT2D eigenvalue weighted by atomic mass is 16.4. The van der Waals surface area contributed by atoms with Crippen molar-refractivity contribution in [3.63, 3.8) is 0 Å². The van der Waals surface area contributed by atoms with E-state index in [1.807, 2.05) is 0 Å². The quantitative estimate of drug-likeness (QED) is 0.723. The van der Waals surface area contributed by atoms with E-state index in [1.165, 1.54) is 0 Å². The predicted octanol–water partition coefficient (Wildman–Crippen LogP) is 0.930. The summed E-state index contributed by atoms with van der Waals surface area (Å²) in [6.07, 6.45) is 0.